The summed E-state index contributed by atoms with van der Waals surface area (Å²) in [7, 11) is 1.40. The number of hydrogen-bond donors (Lipinski definition) is 1. The van der Waals surface area contributed by atoms with E-state index >= 15 is 0 Å². The number of nitro groups is 1. The fraction of sp³-hybridized carbons (Fsp3) is 0.286. The van der Waals surface area contributed by atoms with Crippen molar-refractivity contribution in [1.29, 1.82) is 0 Å². The fourth-order valence-electron chi connectivity index (χ4n) is 2.75. The Kier molecular flexibility index (Phi) is 7.24. The SMILES string of the molecule is Cc1ccc(C)c(NC(=O)CN(C)C(=O)COC(=O)c2cccc(C)c2[N+](=O)[O-])c1. The number of amides is 2. The lowest BCUT2D eigenvalue weighted by atomic mass is 10.1. The highest BCUT2D eigenvalue weighted by atomic mass is 16.6. The number of nitrogens with one attached hydrogen (secondary N) is 1. The molecule has 0 spiro atoms. The van der Waals surface area contributed by atoms with E-state index in [-0.39, 0.29) is 17.8 Å². The molecule has 0 unspecified atom stereocenters. The van der Waals surface area contributed by atoms with Crippen LogP contribution in [0.5, 0.6) is 0 Å². The van der Waals surface area contributed by atoms with E-state index in [4.69, 9.17) is 4.74 Å². The Balaban J connectivity index is 1.94. The molecule has 2 aromatic carbocycles. The lowest BCUT2D eigenvalue weighted by Crippen LogP contribution is -2.37. The number of anilines is 1. The Morgan fingerprint density at radius 1 is 1.10 bits per heavy atom. The van der Waals surface area contributed by atoms with Crippen LogP contribution in [0, 0.1) is 30.9 Å². The summed E-state index contributed by atoms with van der Waals surface area (Å²) in [6, 6.07) is 9.88. The summed E-state index contributed by atoms with van der Waals surface area (Å²) in [6.45, 7) is 4.37. The molecule has 9 nitrogen and oxygen atoms in total. The molecule has 0 radical (unpaired) electrons. The third-order valence-electron chi connectivity index (χ3n) is 4.44. The number of nitrogens with zero attached hydrogens (tertiary/aromatic N) is 2. The van der Waals surface area contributed by atoms with Crippen molar-refractivity contribution in [1.82, 2.24) is 4.90 Å². The monoisotopic (exact) mass is 413 g/mol. The van der Waals surface area contributed by atoms with Crippen LogP contribution in [-0.2, 0) is 14.3 Å². The molecule has 0 bridgehead atoms. The number of rotatable bonds is 7. The van der Waals surface area contributed by atoms with Crippen LogP contribution in [0.25, 0.3) is 0 Å². The van der Waals surface area contributed by atoms with Crippen molar-refractivity contribution in [3.8, 4) is 0 Å². The topological polar surface area (TPSA) is 119 Å². The number of carbonyl (C=O) groups excluding carboxylic acids is 3. The molecule has 2 amide bonds. The minimum atomic E-state index is -0.980. The first-order chi connectivity index (χ1) is 14.1. The number of likely N-dealkylation sites (N-methyl/N-ethyl adjacent to an activating group) is 1. The van der Waals surface area contributed by atoms with E-state index in [2.05, 4.69) is 5.32 Å². The Hall–Kier alpha value is -3.75. The van der Waals surface area contributed by atoms with Crippen molar-refractivity contribution in [2.45, 2.75) is 20.8 Å². The Labute approximate surface area is 173 Å². The van der Waals surface area contributed by atoms with E-state index in [1.54, 1.807) is 0 Å². The zero-order valence-electron chi connectivity index (χ0n) is 17.2. The van der Waals surface area contributed by atoms with Gasteiger partial charge < -0.3 is 15.0 Å². The highest BCUT2D eigenvalue weighted by Gasteiger charge is 2.24. The van der Waals surface area contributed by atoms with E-state index < -0.39 is 29.3 Å². The first-order valence-electron chi connectivity index (χ1n) is 9.12. The van der Waals surface area contributed by atoms with Gasteiger partial charge in [0, 0.05) is 18.3 Å². The summed E-state index contributed by atoms with van der Waals surface area (Å²) in [6.07, 6.45) is 0. The molecule has 0 aliphatic heterocycles. The number of ether oxygens (including phenoxy) is 1. The molecular weight excluding hydrogens is 390 g/mol. The maximum absolute atomic E-state index is 12.2. The smallest absolute Gasteiger partial charge is 0.345 e. The highest BCUT2D eigenvalue weighted by molar-refractivity contribution is 5.97. The molecule has 0 aliphatic carbocycles. The van der Waals surface area contributed by atoms with E-state index in [0.29, 0.717) is 11.3 Å². The summed E-state index contributed by atoms with van der Waals surface area (Å²) in [5.41, 5.74) is 2.23. The van der Waals surface area contributed by atoms with Crippen molar-refractivity contribution < 1.29 is 24.0 Å². The molecule has 2 rings (SSSR count). The van der Waals surface area contributed by atoms with Crippen LogP contribution in [0.3, 0.4) is 0 Å². The predicted octanol–water partition coefficient (Wildman–Crippen LogP) is 2.77. The van der Waals surface area contributed by atoms with E-state index in [1.807, 2.05) is 32.0 Å². The summed E-state index contributed by atoms with van der Waals surface area (Å²) < 4.78 is 4.93. The lowest BCUT2D eigenvalue weighted by molar-refractivity contribution is -0.385. The maximum Gasteiger partial charge on any atom is 0.345 e. The first kappa shape index (κ1) is 22.5. The molecule has 0 aromatic heterocycles. The van der Waals surface area contributed by atoms with Crippen LogP contribution >= 0.6 is 0 Å². The van der Waals surface area contributed by atoms with Crippen molar-refractivity contribution in [3.05, 3.63) is 68.8 Å². The zero-order chi connectivity index (χ0) is 22.4. The van der Waals surface area contributed by atoms with Gasteiger partial charge in [0.15, 0.2) is 6.61 Å². The van der Waals surface area contributed by atoms with Gasteiger partial charge in [0.25, 0.3) is 11.6 Å². The van der Waals surface area contributed by atoms with E-state index in [9.17, 15) is 24.5 Å². The Morgan fingerprint density at radius 3 is 2.47 bits per heavy atom. The number of para-hydroxylation sites is 1. The summed E-state index contributed by atoms with van der Waals surface area (Å²) in [5, 5.41) is 13.9. The van der Waals surface area contributed by atoms with Crippen LogP contribution in [0.1, 0.15) is 27.0 Å². The van der Waals surface area contributed by atoms with Crippen molar-refractivity contribution >= 4 is 29.2 Å². The minimum Gasteiger partial charge on any atom is -0.452 e. The molecule has 158 valence electrons. The normalized spacial score (nSPS) is 10.3. The van der Waals surface area contributed by atoms with Gasteiger partial charge in [0.05, 0.1) is 11.5 Å². The van der Waals surface area contributed by atoms with Gasteiger partial charge in [-0.3, -0.25) is 19.7 Å². The number of hydrogen-bond acceptors (Lipinski definition) is 6. The molecule has 0 atom stereocenters. The molecule has 9 heteroatoms. The predicted molar refractivity (Wildman–Crippen MR) is 110 cm³/mol. The molecule has 0 saturated heterocycles. The van der Waals surface area contributed by atoms with Gasteiger partial charge in [-0.1, -0.05) is 24.3 Å². The van der Waals surface area contributed by atoms with Crippen LogP contribution in [0.15, 0.2) is 36.4 Å². The summed E-state index contributed by atoms with van der Waals surface area (Å²) in [5.74, 6) is -2.00. The second-order valence-electron chi connectivity index (χ2n) is 6.92. The molecule has 0 heterocycles. The second-order valence-corrected chi connectivity index (χ2v) is 6.92. The first-order valence-corrected chi connectivity index (χ1v) is 9.12. The highest BCUT2D eigenvalue weighted by Crippen LogP contribution is 2.23. The molecule has 1 N–H and O–H groups in total. The molecule has 0 fully saturated rings. The van der Waals surface area contributed by atoms with Crippen molar-refractivity contribution in [3.63, 3.8) is 0 Å². The average molecular weight is 413 g/mol. The largest absolute Gasteiger partial charge is 0.452 e. The summed E-state index contributed by atoms with van der Waals surface area (Å²) in [4.78, 5) is 48.3. The van der Waals surface area contributed by atoms with Crippen LogP contribution in [0.2, 0.25) is 0 Å². The van der Waals surface area contributed by atoms with Crippen molar-refractivity contribution in [2.75, 3.05) is 25.5 Å². The molecule has 30 heavy (non-hydrogen) atoms. The van der Waals surface area contributed by atoms with Gasteiger partial charge >= 0.3 is 5.97 Å². The quantitative estimate of drug-likeness (QED) is 0.423. The van der Waals surface area contributed by atoms with Gasteiger partial charge in [-0.05, 0) is 44.0 Å². The fourth-order valence-corrected chi connectivity index (χ4v) is 2.75. The molecule has 2 aromatic rings. The van der Waals surface area contributed by atoms with E-state index in [1.165, 1.54) is 32.2 Å². The van der Waals surface area contributed by atoms with Crippen LogP contribution in [-0.4, -0.2) is 47.8 Å². The van der Waals surface area contributed by atoms with Gasteiger partial charge in [0.1, 0.15) is 5.56 Å². The molecular formula is C21H23N3O6. The van der Waals surface area contributed by atoms with Gasteiger partial charge in [0.2, 0.25) is 5.91 Å². The Bertz CT molecular complexity index is 1000. The standard InChI is InChI=1S/C21H23N3O6/c1-13-8-9-14(2)17(10-13)22-18(25)11-23(4)19(26)12-30-21(27)16-7-5-6-15(3)20(16)24(28)29/h5-10H,11-12H2,1-4H3,(H,22,25). The number of benzene rings is 2. The third-order valence-corrected chi connectivity index (χ3v) is 4.44. The lowest BCUT2D eigenvalue weighted by Gasteiger charge is -2.17. The zero-order valence-corrected chi connectivity index (χ0v) is 17.2. The number of carbonyl (C=O) groups is 3. The van der Waals surface area contributed by atoms with Gasteiger partial charge in [-0.25, -0.2) is 4.79 Å². The van der Waals surface area contributed by atoms with Crippen molar-refractivity contribution in [2.24, 2.45) is 0 Å². The van der Waals surface area contributed by atoms with Crippen LogP contribution < -0.4 is 5.32 Å². The minimum absolute atomic E-state index is 0.233. The number of aryl methyl sites for hydroxylation is 3. The second kappa shape index (κ2) is 9.64. The van der Waals surface area contributed by atoms with Gasteiger partial charge in [-0.15, -0.1) is 0 Å². The maximum atomic E-state index is 12.2. The molecule has 0 saturated carbocycles. The van der Waals surface area contributed by atoms with Gasteiger partial charge in [-0.2, -0.15) is 0 Å². The number of esters is 1. The molecule has 0 aliphatic rings. The average Bonchev–Trinajstić information content (AvgIpc) is 2.67. The number of nitro benzene ring substituents is 1. The Morgan fingerprint density at radius 2 is 1.80 bits per heavy atom. The van der Waals surface area contributed by atoms with E-state index in [0.717, 1.165) is 16.0 Å². The third kappa shape index (κ3) is 5.63. The summed E-state index contributed by atoms with van der Waals surface area (Å²) >= 11 is 0. The van der Waals surface area contributed by atoms with Crippen LogP contribution in [0.4, 0.5) is 11.4 Å².